The number of carbonyl (C=O) groups excluding carboxylic acids is 1. The molecule has 5 heteroatoms. The average Bonchev–Trinajstić information content (AvgIpc) is 2.90. The van der Waals surface area contributed by atoms with Gasteiger partial charge in [-0.25, -0.2) is 9.40 Å². The number of hydrogen-bond donors (Lipinski definition) is 0. The molecule has 0 aromatic carbocycles. The van der Waals surface area contributed by atoms with Gasteiger partial charge in [-0.05, 0) is 31.4 Å². The average molecular weight is 263 g/mol. The molecule has 1 amide bonds. The van der Waals surface area contributed by atoms with Crippen LogP contribution in [0.3, 0.4) is 0 Å². The normalized spacial score (nSPS) is 31.0. The van der Waals surface area contributed by atoms with Gasteiger partial charge < -0.3 is 0 Å². The second kappa shape index (κ2) is 4.27. The topological polar surface area (TPSA) is 36.4 Å². The monoisotopic (exact) mass is 263 g/mol. The smallest absolute Gasteiger partial charge is 0.244 e. The molecule has 19 heavy (non-hydrogen) atoms. The van der Waals surface area contributed by atoms with E-state index in [1.807, 2.05) is 18.9 Å². The zero-order chi connectivity index (χ0) is 13.6. The molecule has 102 valence electrons. The van der Waals surface area contributed by atoms with Gasteiger partial charge in [0.1, 0.15) is 5.82 Å². The zero-order valence-corrected chi connectivity index (χ0v) is 11.3. The fourth-order valence-electron chi connectivity index (χ4n) is 3.05. The van der Waals surface area contributed by atoms with Crippen molar-refractivity contribution in [2.24, 2.45) is 5.41 Å². The van der Waals surface area contributed by atoms with E-state index in [2.05, 4.69) is 9.99 Å². The van der Waals surface area contributed by atoms with E-state index < -0.39 is 0 Å². The maximum atomic E-state index is 13.3. The van der Waals surface area contributed by atoms with E-state index in [1.54, 1.807) is 6.20 Å². The molecule has 4 nitrogen and oxygen atoms in total. The number of rotatable bonds is 2. The third kappa shape index (κ3) is 1.84. The van der Waals surface area contributed by atoms with Crippen LogP contribution >= 0.6 is 0 Å². The molecule has 0 spiro atoms. The third-order valence-corrected chi connectivity index (χ3v) is 4.41. The number of hydrazine groups is 1. The highest BCUT2D eigenvalue weighted by Gasteiger charge is 2.51. The van der Waals surface area contributed by atoms with E-state index in [4.69, 9.17) is 0 Å². The van der Waals surface area contributed by atoms with Gasteiger partial charge in [0.15, 0.2) is 0 Å². The van der Waals surface area contributed by atoms with Crippen molar-refractivity contribution in [3.8, 4) is 0 Å². The molecule has 1 aromatic rings. The molecule has 2 atom stereocenters. The van der Waals surface area contributed by atoms with Crippen LogP contribution in [0.2, 0.25) is 0 Å². The number of fused-ring (bicyclic) bond motifs is 1. The lowest BCUT2D eigenvalue weighted by atomic mass is 9.87. The lowest BCUT2D eigenvalue weighted by Crippen LogP contribution is -2.36. The van der Waals surface area contributed by atoms with Gasteiger partial charge in [0, 0.05) is 19.3 Å². The second-order valence-electron chi connectivity index (χ2n) is 5.69. The standard InChI is InChI=1S/C14H18FN3O/c1-3-14(2)9-17-5-4-12(18(17)13(14)19)10-6-11(15)8-16-7-10/h6-8,12H,3-5,9H2,1-2H3/t12-,14?/m1/s1. The van der Waals surface area contributed by atoms with Gasteiger partial charge in [-0.15, -0.1) is 0 Å². The summed E-state index contributed by atoms with van der Waals surface area (Å²) in [7, 11) is 0. The van der Waals surface area contributed by atoms with Crippen molar-refractivity contribution in [1.29, 1.82) is 0 Å². The van der Waals surface area contributed by atoms with E-state index in [0.717, 1.165) is 31.5 Å². The molecule has 3 heterocycles. The molecule has 0 bridgehead atoms. The molecule has 3 rings (SSSR count). The van der Waals surface area contributed by atoms with Crippen LogP contribution in [-0.4, -0.2) is 34.0 Å². The molecule has 2 aliphatic heterocycles. The summed E-state index contributed by atoms with van der Waals surface area (Å²) in [6.07, 6.45) is 4.52. The molecule has 0 N–H and O–H groups in total. The molecule has 0 radical (unpaired) electrons. The number of nitrogens with zero attached hydrogens (tertiary/aromatic N) is 3. The maximum absolute atomic E-state index is 13.3. The summed E-state index contributed by atoms with van der Waals surface area (Å²) in [6, 6.07) is 1.42. The molecular formula is C14H18FN3O. The number of hydrogen-bond acceptors (Lipinski definition) is 3. The van der Waals surface area contributed by atoms with E-state index >= 15 is 0 Å². The summed E-state index contributed by atoms with van der Waals surface area (Å²) in [5.41, 5.74) is 0.482. The summed E-state index contributed by atoms with van der Waals surface area (Å²) in [4.78, 5) is 16.5. The molecular weight excluding hydrogens is 245 g/mol. The second-order valence-corrected chi connectivity index (χ2v) is 5.69. The predicted molar refractivity (Wildman–Crippen MR) is 68.4 cm³/mol. The minimum atomic E-state index is -0.346. The van der Waals surface area contributed by atoms with Crippen molar-refractivity contribution in [1.82, 2.24) is 15.0 Å². The first kappa shape index (κ1) is 12.5. The van der Waals surface area contributed by atoms with Gasteiger partial charge in [0.25, 0.3) is 0 Å². The van der Waals surface area contributed by atoms with Crippen LogP contribution in [0.25, 0.3) is 0 Å². The van der Waals surface area contributed by atoms with Gasteiger partial charge in [0.05, 0.1) is 17.7 Å². The number of aromatic nitrogens is 1. The lowest BCUT2D eigenvalue weighted by Gasteiger charge is -2.26. The maximum Gasteiger partial charge on any atom is 0.244 e. The Morgan fingerprint density at radius 1 is 1.53 bits per heavy atom. The van der Waals surface area contributed by atoms with Gasteiger partial charge in [-0.2, -0.15) is 0 Å². The number of pyridine rings is 1. The van der Waals surface area contributed by atoms with E-state index in [-0.39, 0.29) is 23.2 Å². The Morgan fingerprint density at radius 3 is 3.00 bits per heavy atom. The first-order chi connectivity index (χ1) is 9.05. The zero-order valence-electron chi connectivity index (χ0n) is 11.3. The minimum Gasteiger partial charge on any atom is -0.273 e. The highest BCUT2D eigenvalue weighted by molar-refractivity contribution is 5.84. The molecule has 1 unspecified atom stereocenters. The Kier molecular flexibility index (Phi) is 2.82. The van der Waals surface area contributed by atoms with E-state index in [9.17, 15) is 9.18 Å². The van der Waals surface area contributed by atoms with E-state index in [0.29, 0.717) is 0 Å². The number of halogens is 1. The first-order valence-corrected chi connectivity index (χ1v) is 6.74. The Bertz CT molecular complexity index is 521. The highest BCUT2D eigenvalue weighted by Crippen LogP contribution is 2.43. The van der Waals surface area contributed by atoms with Gasteiger partial charge in [0.2, 0.25) is 5.91 Å². The van der Waals surface area contributed by atoms with Crippen LogP contribution in [0.15, 0.2) is 18.5 Å². The fourth-order valence-corrected chi connectivity index (χ4v) is 3.05. The van der Waals surface area contributed by atoms with Crippen molar-refractivity contribution >= 4 is 5.91 Å². The predicted octanol–water partition coefficient (Wildman–Crippen LogP) is 2.14. The highest BCUT2D eigenvalue weighted by atomic mass is 19.1. The summed E-state index contributed by atoms with van der Waals surface area (Å²) in [6.45, 7) is 5.67. The molecule has 1 aromatic heterocycles. The number of carbonyl (C=O) groups is 1. The molecule has 2 fully saturated rings. The number of amides is 1. The summed E-state index contributed by atoms with van der Waals surface area (Å²) >= 11 is 0. The summed E-state index contributed by atoms with van der Waals surface area (Å²) < 4.78 is 13.3. The first-order valence-electron chi connectivity index (χ1n) is 6.74. The Labute approximate surface area is 112 Å². The van der Waals surface area contributed by atoms with Gasteiger partial charge in [-0.3, -0.25) is 14.8 Å². The fraction of sp³-hybridized carbons (Fsp3) is 0.571. The van der Waals surface area contributed by atoms with Crippen LogP contribution in [0.5, 0.6) is 0 Å². The van der Waals surface area contributed by atoms with Gasteiger partial charge in [-0.1, -0.05) is 6.92 Å². The van der Waals surface area contributed by atoms with Crippen LogP contribution in [0.1, 0.15) is 38.3 Å². The summed E-state index contributed by atoms with van der Waals surface area (Å²) in [5, 5.41) is 3.92. The van der Waals surface area contributed by atoms with Crippen LogP contribution in [-0.2, 0) is 4.79 Å². The Balaban J connectivity index is 1.92. The van der Waals surface area contributed by atoms with Crippen LogP contribution in [0, 0.1) is 11.2 Å². The minimum absolute atomic E-state index is 0.0657. The molecule has 2 saturated heterocycles. The van der Waals surface area contributed by atoms with Crippen molar-refractivity contribution in [3.63, 3.8) is 0 Å². The van der Waals surface area contributed by atoms with Crippen molar-refractivity contribution in [2.45, 2.75) is 32.7 Å². The molecule has 2 aliphatic rings. The Morgan fingerprint density at radius 2 is 2.32 bits per heavy atom. The molecule has 0 saturated carbocycles. The SMILES string of the molecule is CCC1(C)CN2CC[C@H](c3cncc(F)c3)N2C1=O. The van der Waals surface area contributed by atoms with E-state index in [1.165, 1.54) is 12.3 Å². The summed E-state index contributed by atoms with van der Waals surface area (Å²) in [5.74, 6) is -0.192. The van der Waals surface area contributed by atoms with Crippen molar-refractivity contribution in [2.75, 3.05) is 13.1 Å². The lowest BCUT2D eigenvalue weighted by molar-refractivity contribution is -0.142. The van der Waals surface area contributed by atoms with Crippen molar-refractivity contribution in [3.05, 3.63) is 29.8 Å². The Hall–Kier alpha value is -1.49. The third-order valence-electron chi connectivity index (χ3n) is 4.41. The molecule has 0 aliphatic carbocycles. The largest absolute Gasteiger partial charge is 0.273 e. The van der Waals surface area contributed by atoms with Crippen molar-refractivity contribution < 1.29 is 9.18 Å². The quantitative estimate of drug-likeness (QED) is 0.820. The van der Waals surface area contributed by atoms with Crippen LogP contribution in [0.4, 0.5) is 4.39 Å². The van der Waals surface area contributed by atoms with Gasteiger partial charge >= 0.3 is 0 Å². The van der Waals surface area contributed by atoms with Crippen LogP contribution < -0.4 is 0 Å².